The van der Waals surface area contributed by atoms with Crippen molar-refractivity contribution < 1.29 is 14.7 Å². The van der Waals surface area contributed by atoms with Crippen LogP contribution in [0.5, 0.6) is 0 Å². The fraction of sp³-hybridized carbons (Fsp3) is 0.200. The zero-order chi connectivity index (χ0) is 13.3. The van der Waals surface area contributed by atoms with Gasteiger partial charge in [0.2, 0.25) is 0 Å². The number of imidazole rings is 1. The van der Waals surface area contributed by atoms with E-state index in [0.29, 0.717) is 5.69 Å². The maximum Gasteiger partial charge on any atom is 0.340 e. The molecule has 0 aliphatic heterocycles. The first kappa shape index (κ1) is 12.2. The Morgan fingerprint density at radius 2 is 2.22 bits per heavy atom. The van der Waals surface area contributed by atoms with Crippen LogP contribution in [0.2, 0.25) is 0 Å². The number of nitrogens with one attached hydrogen (secondary N) is 1. The number of carboxylic acids is 1. The first-order valence-corrected chi connectivity index (χ1v) is 5.75. The van der Waals surface area contributed by atoms with Crippen LogP contribution in [0, 0.1) is 6.92 Å². The highest BCUT2D eigenvalue weighted by Gasteiger charge is 2.20. The molecule has 0 saturated heterocycles. The number of carbonyl (C=O) groups excluding carboxylic acids is 1. The molecule has 2 N–H and O–H groups in total. The number of carbonyl (C=O) groups is 2. The molecular weight excluding hydrogens is 256 g/mol. The molecule has 0 spiro atoms. The minimum atomic E-state index is -1.11. The van der Waals surface area contributed by atoms with Crippen LogP contribution in [-0.4, -0.2) is 30.9 Å². The Bertz CT molecular complexity index is 616. The molecule has 1 amide bonds. The lowest BCUT2D eigenvalue weighted by atomic mass is 10.2. The molecule has 2 rings (SSSR count). The Morgan fingerprint density at radius 3 is 2.78 bits per heavy atom. The molecule has 0 aromatic carbocycles. The van der Waals surface area contributed by atoms with Crippen molar-refractivity contribution >= 4 is 28.4 Å². The third-order valence-electron chi connectivity index (χ3n) is 2.24. The molecule has 0 aliphatic carbocycles. The molecule has 94 valence electrons. The van der Waals surface area contributed by atoms with Gasteiger partial charge in [-0.15, -0.1) is 0 Å². The summed E-state index contributed by atoms with van der Waals surface area (Å²) in [5.41, 5.74) is 0.619. The lowest BCUT2D eigenvalue weighted by Crippen LogP contribution is -2.14. The number of anilines is 1. The molecule has 2 aromatic rings. The van der Waals surface area contributed by atoms with Crippen LogP contribution in [0.25, 0.3) is 0 Å². The molecular formula is C10H10N4O3S. The Hall–Kier alpha value is -2.22. The number of aromatic carboxylic acids is 1. The van der Waals surface area contributed by atoms with E-state index in [1.165, 1.54) is 6.33 Å². The zero-order valence-electron chi connectivity index (χ0n) is 9.67. The van der Waals surface area contributed by atoms with Crippen molar-refractivity contribution in [2.24, 2.45) is 7.05 Å². The van der Waals surface area contributed by atoms with Gasteiger partial charge >= 0.3 is 5.97 Å². The van der Waals surface area contributed by atoms with Gasteiger partial charge in [0, 0.05) is 13.2 Å². The van der Waals surface area contributed by atoms with Gasteiger partial charge in [-0.25, -0.2) is 9.78 Å². The second-order valence-corrected chi connectivity index (χ2v) is 4.43. The normalized spacial score (nSPS) is 10.3. The quantitative estimate of drug-likeness (QED) is 0.868. The van der Waals surface area contributed by atoms with Crippen LogP contribution in [-0.2, 0) is 7.05 Å². The minimum absolute atomic E-state index is 0.0179. The van der Waals surface area contributed by atoms with Gasteiger partial charge in [0.1, 0.15) is 16.3 Å². The maximum atomic E-state index is 11.8. The summed E-state index contributed by atoms with van der Waals surface area (Å²) < 4.78 is 5.54. The van der Waals surface area contributed by atoms with E-state index in [1.54, 1.807) is 24.7 Å². The fourth-order valence-corrected chi connectivity index (χ4v) is 2.19. The second-order valence-electron chi connectivity index (χ2n) is 3.66. The van der Waals surface area contributed by atoms with Gasteiger partial charge in [-0.1, -0.05) is 0 Å². The SMILES string of the molecule is Cc1nsc(NC(=O)c2cn(C)cn2)c1C(=O)O. The van der Waals surface area contributed by atoms with Gasteiger partial charge in [0.05, 0.1) is 12.0 Å². The summed E-state index contributed by atoms with van der Waals surface area (Å²) in [5.74, 6) is -1.57. The van der Waals surface area contributed by atoms with Gasteiger partial charge in [0.15, 0.2) is 0 Å². The summed E-state index contributed by atoms with van der Waals surface area (Å²) in [6.07, 6.45) is 3.04. The number of hydrogen-bond acceptors (Lipinski definition) is 5. The number of rotatable bonds is 3. The Kier molecular flexibility index (Phi) is 3.11. The lowest BCUT2D eigenvalue weighted by molar-refractivity contribution is 0.0697. The number of nitrogens with zero attached hydrogens (tertiary/aromatic N) is 3. The average Bonchev–Trinajstić information content (AvgIpc) is 2.85. The number of amides is 1. The average molecular weight is 266 g/mol. The molecule has 0 aliphatic rings. The molecule has 0 fully saturated rings. The zero-order valence-corrected chi connectivity index (χ0v) is 10.5. The lowest BCUT2D eigenvalue weighted by Gasteiger charge is -2.00. The van der Waals surface area contributed by atoms with E-state index in [-0.39, 0.29) is 16.3 Å². The van der Waals surface area contributed by atoms with Crippen molar-refractivity contribution in [2.75, 3.05) is 5.32 Å². The van der Waals surface area contributed by atoms with Crippen LogP contribution in [0.3, 0.4) is 0 Å². The van der Waals surface area contributed by atoms with E-state index >= 15 is 0 Å². The Labute approximate surface area is 106 Å². The molecule has 0 bridgehead atoms. The van der Waals surface area contributed by atoms with Crippen LogP contribution in [0.1, 0.15) is 26.5 Å². The van der Waals surface area contributed by atoms with E-state index in [0.717, 1.165) is 11.5 Å². The summed E-state index contributed by atoms with van der Waals surface area (Å²) >= 11 is 0.937. The molecule has 0 radical (unpaired) electrons. The third kappa shape index (κ3) is 2.23. The molecule has 2 aromatic heterocycles. The van der Waals surface area contributed by atoms with E-state index < -0.39 is 11.9 Å². The summed E-state index contributed by atoms with van der Waals surface area (Å²) in [6, 6.07) is 0. The summed E-state index contributed by atoms with van der Waals surface area (Å²) in [6.45, 7) is 1.58. The monoisotopic (exact) mass is 266 g/mol. The highest BCUT2D eigenvalue weighted by molar-refractivity contribution is 7.11. The molecule has 0 atom stereocenters. The summed E-state index contributed by atoms with van der Waals surface area (Å²) in [5, 5.41) is 11.7. The summed E-state index contributed by atoms with van der Waals surface area (Å²) in [4.78, 5) is 26.7. The number of carboxylic acid groups (broad SMARTS) is 1. The largest absolute Gasteiger partial charge is 0.478 e. The van der Waals surface area contributed by atoms with Gasteiger partial charge in [-0.3, -0.25) is 4.79 Å². The first-order valence-electron chi connectivity index (χ1n) is 4.98. The molecule has 0 unspecified atom stereocenters. The van der Waals surface area contributed by atoms with E-state index in [9.17, 15) is 9.59 Å². The van der Waals surface area contributed by atoms with Crippen molar-refractivity contribution in [1.82, 2.24) is 13.9 Å². The number of aryl methyl sites for hydroxylation is 2. The van der Waals surface area contributed by atoms with Gasteiger partial charge in [-0.2, -0.15) is 4.37 Å². The Balaban J connectivity index is 2.25. The molecule has 18 heavy (non-hydrogen) atoms. The fourth-order valence-electron chi connectivity index (χ4n) is 1.40. The van der Waals surface area contributed by atoms with Crippen molar-refractivity contribution in [3.05, 3.63) is 29.5 Å². The van der Waals surface area contributed by atoms with Crippen molar-refractivity contribution in [3.8, 4) is 0 Å². The van der Waals surface area contributed by atoms with E-state index in [1.807, 2.05) is 0 Å². The second kappa shape index (κ2) is 4.57. The van der Waals surface area contributed by atoms with Crippen LogP contribution in [0.15, 0.2) is 12.5 Å². The van der Waals surface area contributed by atoms with Crippen molar-refractivity contribution in [3.63, 3.8) is 0 Å². The Morgan fingerprint density at radius 1 is 1.50 bits per heavy atom. The standard InChI is InChI=1S/C10H10N4O3S/c1-5-7(10(16)17)9(18-13-5)12-8(15)6-3-14(2)4-11-6/h3-4H,1-2H3,(H,12,15)(H,16,17). The number of hydrogen-bond donors (Lipinski definition) is 2. The van der Waals surface area contributed by atoms with Gasteiger partial charge in [-0.05, 0) is 18.5 Å². The van der Waals surface area contributed by atoms with Crippen LogP contribution < -0.4 is 5.32 Å². The highest BCUT2D eigenvalue weighted by atomic mass is 32.1. The number of aromatic nitrogens is 3. The molecule has 8 heteroatoms. The van der Waals surface area contributed by atoms with Gasteiger partial charge in [0.25, 0.3) is 5.91 Å². The third-order valence-corrected chi connectivity index (χ3v) is 3.10. The minimum Gasteiger partial charge on any atom is -0.478 e. The van der Waals surface area contributed by atoms with Gasteiger partial charge < -0.3 is 15.0 Å². The predicted molar refractivity (Wildman–Crippen MR) is 65.0 cm³/mol. The van der Waals surface area contributed by atoms with Crippen molar-refractivity contribution in [2.45, 2.75) is 6.92 Å². The first-order chi connectivity index (χ1) is 8.49. The van der Waals surface area contributed by atoms with E-state index in [2.05, 4.69) is 14.7 Å². The molecule has 2 heterocycles. The maximum absolute atomic E-state index is 11.8. The van der Waals surface area contributed by atoms with E-state index in [4.69, 9.17) is 5.11 Å². The topological polar surface area (TPSA) is 97.1 Å². The smallest absolute Gasteiger partial charge is 0.340 e. The highest BCUT2D eigenvalue weighted by Crippen LogP contribution is 2.24. The van der Waals surface area contributed by atoms with Crippen LogP contribution in [0.4, 0.5) is 5.00 Å². The molecule has 7 nitrogen and oxygen atoms in total. The molecule has 0 saturated carbocycles. The predicted octanol–water partition coefficient (Wildman–Crippen LogP) is 1.14. The summed E-state index contributed by atoms with van der Waals surface area (Å²) in [7, 11) is 1.74. The van der Waals surface area contributed by atoms with Crippen LogP contribution >= 0.6 is 11.5 Å². The van der Waals surface area contributed by atoms with Crippen molar-refractivity contribution in [1.29, 1.82) is 0 Å².